The van der Waals surface area contributed by atoms with E-state index in [1.54, 1.807) is 42.5 Å². The molecule has 170 valence electrons. The third-order valence-corrected chi connectivity index (χ3v) is 5.82. The maximum atomic E-state index is 12.6. The maximum absolute atomic E-state index is 12.6. The smallest absolute Gasteiger partial charge is 0.360 e. The van der Waals surface area contributed by atoms with E-state index in [0.29, 0.717) is 17.8 Å². The molecule has 0 bridgehead atoms. The Labute approximate surface area is 197 Å². The lowest BCUT2D eigenvalue weighted by atomic mass is 10.1. The van der Waals surface area contributed by atoms with E-state index in [-0.39, 0.29) is 11.6 Å². The highest BCUT2D eigenvalue weighted by Crippen LogP contribution is 2.21. The van der Waals surface area contributed by atoms with E-state index in [0.717, 1.165) is 22.0 Å². The summed E-state index contributed by atoms with van der Waals surface area (Å²) in [5.74, 6) is 0.362. The van der Waals surface area contributed by atoms with Gasteiger partial charge in [0, 0.05) is 15.4 Å². The van der Waals surface area contributed by atoms with Crippen LogP contribution in [0.15, 0.2) is 62.2 Å². The van der Waals surface area contributed by atoms with Gasteiger partial charge in [0.25, 0.3) is 5.91 Å². The summed E-state index contributed by atoms with van der Waals surface area (Å²) in [5, 5.41) is 3.36. The zero-order chi connectivity index (χ0) is 22.8. The highest BCUT2D eigenvalue weighted by atomic mass is 79.9. The lowest BCUT2D eigenvalue weighted by molar-refractivity contribution is 0.102. The number of nitrogens with one attached hydrogen (secondary N) is 1. The van der Waals surface area contributed by atoms with E-state index in [2.05, 4.69) is 28.2 Å². The average molecular weight is 500 g/mol. The standard InChI is InChI=1S/C26H30BrNO4/c1-2-3-4-5-6-7-8-9-16-31-22-13-10-19(11-14-22)25(29)28-23-18-20-17-21(27)12-15-24(20)32-26(23)30/h10-15,17-18H,2-9,16H2,1H3,(H,28,29). The predicted octanol–water partition coefficient (Wildman–Crippen LogP) is 7.33. The van der Waals surface area contributed by atoms with Crippen molar-refractivity contribution >= 4 is 38.5 Å². The third kappa shape index (κ3) is 7.23. The van der Waals surface area contributed by atoms with E-state index in [9.17, 15) is 9.59 Å². The second-order valence-electron chi connectivity index (χ2n) is 7.93. The fourth-order valence-electron chi connectivity index (χ4n) is 3.50. The number of amides is 1. The minimum absolute atomic E-state index is 0.107. The molecule has 1 amide bonds. The molecule has 5 nitrogen and oxygen atoms in total. The molecule has 0 fully saturated rings. The molecule has 3 aromatic rings. The van der Waals surface area contributed by atoms with E-state index in [1.807, 2.05) is 6.07 Å². The number of fused-ring (bicyclic) bond motifs is 1. The van der Waals surface area contributed by atoms with Crippen LogP contribution in [0.4, 0.5) is 5.69 Å². The summed E-state index contributed by atoms with van der Waals surface area (Å²) in [4.78, 5) is 24.8. The second kappa shape index (κ2) is 12.4. The number of carbonyl (C=O) groups is 1. The number of anilines is 1. The van der Waals surface area contributed by atoms with Crippen molar-refractivity contribution in [2.24, 2.45) is 0 Å². The van der Waals surface area contributed by atoms with Gasteiger partial charge in [0.05, 0.1) is 6.61 Å². The van der Waals surface area contributed by atoms with Gasteiger partial charge in [-0.25, -0.2) is 4.79 Å². The van der Waals surface area contributed by atoms with Crippen molar-refractivity contribution in [3.05, 3.63) is 69.0 Å². The Kier molecular flexibility index (Phi) is 9.35. The molecule has 0 aliphatic carbocycles. The molecule has 1 heterocycles. The molecule has 0 radical (unpaired) electrons. The Balaban J connectivity index is 1.46. The molecule has 0 aliphatic rings. The van der Waals surface area contributed by atoms with Gasteiger partial charge in [-0.05, 0) is 55.0 Å². The third-order valence-electron chi connectivity index (χ3n) is 5.33. The van der Waals surface area contributed by atoms with Gasteiger partial charge < -0.3 is 14.5 Å². The van der Waals surface area contributed by atoms with Crippen LogP contribution >= 0.6 is 15.9 Å². The maximum Gasteiger partial charge on any atom is 0.360 e. The van der Waals surface area contributed by atoms with Crippen LogP contribution in [0.3, 0.4) is 0 Å². The monoisotopic (exact) mass is 499 g/mol. The molecule has 0 spiro atoms. The fourth-order valence-corrected chi connectivity index (χ4v) is 3.88. The normalized spacial score (nSPS) is 10.9. The number of unbranched alkanes of at least 4 members (excludes halogenated alkanes) is 7. The van der Waals surface area contributed by atoms with Crippen molar-refractivity contribution < 1.29 is 13.9 Å². The first-order valence-corrected chi connectivity index (χ1v) is 12.1. The molecule has 2 aromatic carbocycles. The lowest BCUT2D eigenvalue weighted by Gasteiger charge is -2.08. The summed E-state index contributed by atoms with van der Waals surface area (Å²) >= 11 is 3.39. The number of ether oxygens (including phenoxy) is 1. The van der Waals surface area contributed by atoms with E-state index < -0.39 is 5.63 Å². The topological polar surface area (TPSA) is 68.5 Å². The van der Waals surface area contributed by atoms with Crippen molar-refractivity contribution in [2.75, 3.05) is 11.9 Å². The molecule has 32 heavy (non-hydrogen) atoms. The second-order valence-corrected chi connectivity index (χ2v) is 8.85. The van der Waals surface area contributed by atoms with Gasteiger partial charge in [-0.3, -0.25) is 4.79 Å². The van der Waals surface area contributed by atoms with Crippen LogP contribution in [0.2, 0.25) is 0 Å². The average Bonchev–Trinajstić information content (AvgIpc) is 2.79. The van der Waals surface area contributed by atoms with Gasteiger partial charge in [-0.15, -0.1) is 0 Å². The summed E-state index contributed by atoms with van der Waals surface area (Å²) in [6.07, 6.45) is 10.1. The highest BCUT2D eigenvalue weighted by molar-refractivity contribution is 9.10. The number of hydrogen-bond acceptors (Lipinski definition) is 4. The molecule has 0 unspecified atom stereocenters. The fraction of sp³-hybridized carbons (Fsp3) is 0.385. The largest absolute Gasteiger partial charge is 0.494 e. The molecule has 0 aliphatic heterocycles. The Hall–Kier alpha value is -2.60. The summed E-state index contributed by atoms with van der Waals surface area (Å²) in [6.45, 7) is 2.91. The molecule has 6 heteroatoms. The SMILES string of the molecule is CCCCCCCCCCOc1ccc(C(=O)Nc2cc3cc(Br)ccc3oc2=O)cc1. The van der Waals surface area contributed by atoms with Crippen molar-refractivity contribution in [1.29, 1.82) is 0 Å². The summed E-state index contributed by atoms with van der Waals surface area (Å²) in [5.41, 5.74) is 0.432. The van der Waals surface area contributed by atoms with Crippen LogP contribution in [0, 0.1) is 0 Å². The van der Waals surface area contributed by atoms with Gasteiger partial charge in [0.15, 0.2) is 0 Å². The van der Waals surface area contributed by atoms with Gasteiger partial charge in [0.2, 0.25) is 0 Å². The molecule has 0 saturated carbocycles. The Bertz CT molecular complexity index is 1080. The van der Waals surface area contributed by atoms with Crippen LogP contribution in [0.1, 0.15) is 68.6 Å². The van der Waals surface area contributed by atoms with Crippen LogP contribution in [-0.2, 0) is 0 Å². The van der Waals surface area contributed by atoms with Gasteiger partial charge in [0.1, 0.15) is 17.0 Å². The molecular weight excluding hydrogens is 470 g/mol. The minimum Gasteiger partial charge on any atom is -0.494 e. The summed E-state index contributed by atoms with van der Waals surface area (Å²) < 4.78 is 11.9. The van der Waals surface area contributed by atoms with E-state index in [1.165, 1.54) is 44.9 Å². The number of halogens is 1. The summed E-state index contributed by atoms with van der Waals surface area (Å²) in [6, 6.07) is 13.9. The quantitative estimate of drug-likeness (QED) is 0.209. The van der Waals surface area contributed by atoms with Gasteiger partial charge in [-0.1, -0.05) is 67.8 Å². The van der Waals surface area contributed by atoms with Crippen molar-refractivity contribution in [1.82, 2.24) is 0 Å². The molecule has 0 atom stereocenters. The van der Waals surface area contributed by atoms with Gasteiger partial charge in [-0.2, -0.15) is 0 Å². The van der Waals surface area contributed by atoms with Crippen LogP contribution in [0.25, 0.3) is 11.0 Å². The highest BCUT2D eigenvalue weighted by Gasteiger charge is 2.11. The molecule has 3 rings (SSSR count). The molecule has 1 N–H and O–H groups in total. The molecular formula is C26H30BrNO4. The molecule has 0 saturated heterocycles. The number of hydrogen-bond donors (Lipinski definition) is 1. The van der Waals surface area contributed by atoms with E-state index in [4.69, 9.17) is 9.15 Å². The first-order chi connectivity index (χ1) is 15.6. The van der Waals surface area contributed by atoms with Gasteiger partial charge >= 0.3 is 5.63 Å². The summed E-state index contributed by atoms with van der Waals surface area (Å²) in [7, 11) is 0. The van der Waals surface area contributed by atoms with E-state index >= 15 is 0 Å². The first-order valence-electron chi connectivity index (χ1n) is 11.3. The number of rotatable bonds is 12. The Morgan fingerprint density at radius 2 is 1.62 bits per heavy atom. The van der Waals surface area contributed by atoms with Crippen molar-refractivity contribution in [3.8, 4) is 5.75 Å². The number of benzene rings is 2. The zero-order valence-electron chi connectivity index (χ0n) is 18.5. The Morgan fingerprint density at radius 3 is 2.34 bits per heavy atom. The van der Waals surface area contributed by atoms with Crippen LogP contribution in [0.5, 0.6) is 5.75 Å². The van der Waals surface area contributed by atoms with Crippen LogP contribution in [-0.4, -0.2) is 12.5 Å². The first kappa shape index (κ1) is 24.1. The number of carbonyl (C=O) groups excluding carboxylic acids is 1. The minimum atomic E-state index is -0.585. The predicted molar refractivity (Wildman–Crippen MR) is 133 cm³/mol. The Morgan fingerprint density at radius 1 is 0.938 bits per heavy atom. The van der Waals surface area contributed by atoms with Crippen molar-refractivity contribution in [3.63, 3.8) is 0 Å². The lowest BCUT2D eigenvalue weighted by Crippen LogP contribution is -2.17. The van der Waals surface area contributed by atoms with Crippen LogP contribution < -0.4 is 15.7 Å². The molecule has 1 aromatic heterocycles. The zero-order valence-corrected chi connectivity index (χ0v) is 20.1. The van der Waals surface area contributed by atoms with Crippen molar-refractivity contribution in [2.45, 2.75) is 58.3 Å².